The molecule has 3 aliphatic rings. The van der Waals surface area contributed by atoms with Crippen LogP contribution in [0.4, 0.5) is 0 Å². The van der Waals surface area contributed by atoms with E-state index in [0.717, 1.165) is 31.3 Å². The Labute approximate surface area is 270 Å². The predicted octanol–water partition coefficient (Wildman–Crippen LogP) is -0.463. The molecular formula is C32H54O14. The van der Waals surface area contributed by atoms with Crippen molar-refractivity contribution in [3.8, 4) is 0 Å². The standard InChI is InChI=1S/C32H54O14/c1-6-16(2)9-7-10-17(3)11-8-12-18(4)14-41-31-28(26(39)24(37)21(13-33)44-31)46-32-29(25(38)22(35)19(5)43-32)45-30-27(40)23(36)20(34)15-42-30/h6,10,12,19-40H,7-9,11,13-15H2,1-5H3/b16-6+,17-10+,18-12+/t19-,20-,21+,22-,23-,24+,25+,26-,27+,28+,29+,30-,31+,32-/m0/s1. The van der Waals surface area contributed by atoms with Crippen molar-refractivity contribution in [3.63, 3.8) is 0 Å². The van der Waals surface area contributed by atoms with Crippen LogP contribution in [0.1, 0.15) is 60.3 Å². The average molecular weight is 663 g/mol. The van der Waals surface area contributed by atoms with Gasteiger partial charge in [-0.3, -0.25) is 0 Å². The van der Waals surface area contributed by atoms with Gasteiger partial charge in [0.2, 0.25) is 0 Å². The van der Waals surface area contributed by atoms with Crippen molar-refractivity contribution in [1.29, 1.82) is 0 Å². The fourth-order valence-corrected chi connectivity index (χ4v) is 5.41. The Balaban J connectivity index is 1.70. The number of allylic oxidation sites excluding steroid dienone is 5. The largest absolute Gasteiger partial charge is 0.394 e. The van der Waals surface area contributed by atoms with Gasteiger partial charge in [0, 0.05) is 0 Å². The highest BCUT2D eigenvalue weighted by Crippen LogP contribution is 2.32. The van der Waals surface area contributed by atoms with Crippen molar-refractivity contribution < 1.29 is 69.3 Å². The average Bonchev–Trinajstić information content (AvgIpc) is 3.03. The summed E-state index contributed by atoms with van der Waals surface area (Å²) in [7, 11) is 0. The molecule has 266 valence electrons. The molecule has 3 heterocycles. The predicted molar refractivity (Wildman–Crippen MR) is 163 cm³/mol. The summed E-state index contributed by atoms with van der Waals surface area (Å²) in [6.07, 6.45) is -10.5. The molecule has 14 heteroatoms. The van der Waals surface area contributed by atoms with E-state index in [9.17, 15) is 40.9 Å². The molecule has 14 atom stereocenters. The molecule has 0 aliphatic carbocycles. The van der Waals surface area contributed by atoms with Gasteiger partial charge < -0.3 is 69.3 Å². The quantitative estimate of drug-likeness (QED) is 0.111. The van der Waals surface area contributed by atoms with E-state index in [0.29, 0.717) is 0 Å². The lowest BCUT2D eigenvalue weighted by Crippen LogP contribution is -2.65. The summed E-state index contributed by atoms with van der Waals surface area (Å²) < 4.78 is 34.5. The van der Waals surface area contributed by atoms with Gasteiger partial charge in [0.25, 0.3) is 0 Å². The SMILES string of the molecule is C/C=C(\C)CC/C=C(\C)CC/C=C(\C)CO[C@@H]1O[C@H](CO)[C@@H](O)[C@H](O)[C@H]1O[C@@H]1O[C@@H](C)[C@H](O)[C@@H](O)[C@H]1O[C@@H]1OC[C@H](O)[C@H](O)[C@H]1O. The maximum atomic E-state index is 11.0. The molecule has 0 saturated carbocycles. The molecule has 0 aromatic heterocycles. The van der Waals surface area contributed by atoms with E-state index in [2.05, 4.69) is 26.0 Å². The fourth-order valence-electron chi connectivity index (χ4n) is 5.41. The van der Waals surface area contributed by atoms with Crippen molar-refractivity contribution in [3.05, 3.63) is 34.9 Å². The monoisotopic (exact) mass is 662 g/mol. The van der Waals surface area contributed by atoms with Gasteiger partial charge in [0.15, 0.2) is 18.9 Å². The Bertz CT molecular complexity index is 1020. The number of aliphatic hydroxyl groups excluding tert-OH is 8. The summed E-state index contributed by atoms with van der Waals surface area (Å²) in [5.74, 6) is 0. The normalized spacial score (nSPS) is 41.5. The highest BCUT2D eigenvalue weighted by atomic mass is 16.8. The van der Waals surface area contributed by atoms with Crippen LogP contribution < -0.4 is 0 Å². The topological polar surface area (TPSA) is 217 Å². The van der Waals surface area contributed by atoms with Crippen LogP contribution in [-0.4, -0.2) is 147 Å². The summed E-state index contributed by atoms with van der Waals surface area (Å²) in [6, 6.07) is 0. The second-order valence-electron chi connectivity index (χ2n) is 12.5. The molecule has 0 aromatic carbocycles. The fraction of sp³-hybridized carbons (Fsp3) is 0.812. The Kier molecular flexibility index (Phi) is 15.7. The zero-order valence-electron chi connectivity index (χ0n) is 27.3. The van der Waals surface area contributed by atoms with Crippen LogP contribution in [0.3, 0.4) is 0 Å². The highest BCUT2D eigenvalue weighted by Gasteiger charge is 2.52. The van der Waals surface area contributed by atoms with Crippen LogP contribution in [0.25, 0.3) is 0 Å². The second-order valence-corrected chi connectivity index (χ2v) is 12.5. The molecule has 0 amide bonds. The molecule has 3 saturated heterocycles. The zero-order valence-corrected chi connectivity index (χ0v) is 27.3. The van der Waals surface area contributed by atoms with Crippen LogP contribution in [0.15, 0.2) is 34.9 Å². The third-order valence-corrected chi connectivity index (χ3v) is 8.68. The maximum absolute atomic E-state index is 11.0. The summed E-state index contributed by atoms with van der Waals surface area (Å²) in [6.45, 7) is 8.66. The minimum Gasteiger partial charge on any atom is -0.394 e. The van der Waals surface area contributed by atoms with Crippen LogP contribution in [-0.2, 0) is 28.4 Å². The Morgan fingerprint density at radius 1 is 0.696 bits per heavy atom. The third kappa shape index (κ3) is 10.3. The molecule has 0 spiro atoms. The van der Waals surface area contributed by atoms with Gasteiger partial charge in [-0.05, 0) is 60.3 Å². The van der Waals surface area contributed by atoms with Crippen molar-refractivity contribution >= 4 is 0 Å². The molecule has 46 heavy (non-hydrogen) atoms. The molecule has 14 nitrogen and oxygen atoms in total. The zero-order chi connectivity index (χ0) is 34.1. The van der Waals surface area contributed by atoms with Crippen molar-refractivity contribution in [1.82, 2.24) is 0 Å². The molecule has 0 unspecified atom stereocenters. The molecule has 0 aromatic rings. The molecule has 0 radical (unpaired) electrons. The minimum absolute atomic E-state index is 0.0697. The van der Waals surface area contributed by atoms with Gasteiger partial charge in [-0.1, -0.05) is 34.9 Å². The molecule has 0 bridgehead atoms. The summed E-state index contributed by atoms with van der Waals surface area (Å²) in [4.78, 5) is 0. The van der Waals surface area contributed by atoms with Gasteiger partial charge in [-0.15, -0.1) is 0 Å². The Hall–Kier alpha value is -1.34. The first-order valence-electron chi connectivity index (χ1n) is 15.9. The molecular weight excluding hydrogens is 608 g/mol. The summed E-state index contributed by atoms with van der Waals surface area (Å²) in [5.41, 5.74) is 3.50. The van der Waals surface area contributed by atoms with E-state index >= 15 is 0 Å². The van der Waals surface area contributed by atoms with Crippen LogP contribution in [0.5, 0.6) is 0 Å². The van der Waals surface area contributed by atoms with E-state index in [4.69, 9.17) is 28.4 Å². The van der Waals surface area contributed by atoms with Crippen molar-refractivity contribution in [2.75, 3.05) is 19.8 Å². The van der Waals surface area contributed by atoms with Gasteiger partial charge in [0.1, 0.15) is 61.0 Å². The number of hydrogen-bond acceptors (Lipinski definition) is 14. The van der Waals surface area contributed by atoms with E-state index in [1.807, 2.05) is 19.9 Å². The lowest BCUT2D eigenvalue weighted by molar-refractivity contribution is -0.386. The number of aliphatic hydroxyl groups is 8. The van der Waals surface area contributed by atoms with E-state index in [1.165, 1.54) is 18.1 Å². The van der Waals surface area contributed by atoms with E-state index in [-0.39, 0.29) is 13.2 Å². The maximum Gasteiger partial charge on any atom is 0.187 e. The minimum atomic E-state index is -1.71. The first-order chi connectivity index (χ1) is 21.8. The lowest BCUT2D eigenvalue weighted by atomic mass is 9.97. The van der Waals surface area contributed by atoms with Crippen LogP contribution >= 0.6 is 0 Å². The molecule has 3 fully saturated rings. The van der Waals surface area contributed by atoms with E-state index < -0.39 is 92.6 Å². The first kappa shape index (κ1) is 39.1. The van der Waals surface area contributed by atoms with Crippen molar-refractivity contribution in [2.24, 2.45) is 0 Å². The molecule has 3 aliphatic heterocycles. The van der Waals surface area contributed by atoms with Crippen molar-refractivity contribution in [2.45, 2.75) is 146 Å². The number of hydrogen-bond donors (Lipinski definition) is 8. The number of ether oxygens (including phenoxy) is 6. The molecule has 3 rings (SSSR count). The summed E-state index contributed by atoms with van der Waals surface area (Å²) in [5, 5.41) is 83.0. The first-order valence-corrected chi connectivity index (χ1v) is 15.9. The lowest BCUT2D eigenvalue weighted by Gasteiger charge is -2.47. The van der Waals surface area contributed by atoms with Gasteiger partial charge >= 0.3 is 0 Å². The van der Waals surface area contributed by atoms with Gasteiger partial charge in [-0.25, -0.2) is 0 Å². The summed E-state index contributed by atoms with van der Waals surface area (Å²) >= 11 is 0. The second kappa shape index (κ2) is 18.4. The smallest absolute Gasteiger partial charge is 0.187 e. The van der Waals surface area contributed by atoms with Gasteiger partial charge in [0.05, 0.1) is 25.9 Å². The Morgan fingerprint density at radius 2 is 1.28 bits per heavy atom. The Morgan fingerprint density at radius 3 is 1.93 bits per heavy atom. The third-order valence-electron chi connectivity index (χ3n) is 8.68. The van der Waals surface area contributed by atoms with Crippen LogP contribution in [0.2, 0.25) is 0 Å². The number of rotatable bonds is 14. The molecule has 8 N–H and O–H groups in total. The highest BCUT2D eigenvalue weighted by molar-refractivity contribution is 5.06. The van der Waals surface area contributed by atoms with E-state index in [1.54, 1.807) is 0 Å². The van der Waals surface area contributed by atoms with Gasteiger partial charge in [-0.2, -0.15) is 0 Å². The van der Waals surface area contributed by atoms with Crippen LogP contribution in [0, 0.1) is 0 Å².